The molecule has 0 bridgehead atoms. The maximum atomic E-state index is 13.1. The molecule has 4 nitrogen and oxygen atoms in total. The zero-order chi connectivity index (χ0) is 20.1. The highest BCUT2D eigenvalue weighted by molar-refractivity contribution is 5.79. The zero-order valence-corrected chi connectivity index (χ0v) is 16.7. The van der Waals surface area contributed by atoms with Crippen LogP contribution in [0.1, 0.15) is 43.2 Å². The van der Waals surface area contributed by atoms with E-state index in [1.807, 2.05) is 29.2 Å². The molecule has 1 heterocycles. The van der Waals surface area contributed by atoms with E-state index in [9.17, 15) is 9.18 Å². The molecule has 4 rings (SSSR count). The second-order valence-corrected chi connectivity index (χ2v) is 8.00. The lowest BCUT2D eigenvalue weighted by Gasteiger charge is -2.24. The normalized spacial score (nSPS) is 19.0. The molecule has 154 valence electrons. The number of carbonyl (C=O) groups is 1. The van der Waals surface area contributed by atoms with Crippen LogP contribution in [0.5, 0.6) is 5.75 Å². The summed E-state index contributed by atoms with van der Waals surface area (Å²) < 4.78 is 24.8. The van der Waals surface area contributed by atoms with Crippen molar-refractivity contribution in [3.8, 4) is 5.75 Å². The Morgan fingerprint density at radius 3 is 2.62 bits per heavy atom. The molecule has 5 heteroatoms. The molecular formula is C24H28FNO3. The van der Waals surface area contributed by atoms with Crippen molar-refractivity contribution in [2.45, 2.75) is 57.2 Å². The predicted octanol–water partition coefficient (Wildman–Crippen LogP) is 4.51. The van der Waals surface area contributed by atoms with Crippen molar-refractivity contribution in [2.24, 2.45) is 0 Å². The molecule has 2 aliphatic rings. The van der Waals surface area contributed by atoms with Crippen LogP contribution < -0.4 is 4.74 Å². The van der Waals surface area contributed by atoms with Crippen LogP contribution in [-0.4, -0.2) is 36.2 Å². The lowest BCUT2D eigenvalue weighted by Crippen LogP contribution is -2.33. The molecule has 1 amide bonds. The van der Waals surface area contributed by atoms with Crippen molar-refractivity contribution in [3.05, 3.63) is 65.5 Å². The van der Waals surface area contributed by atoms with Crippen LogP contribution in [-0.2, 0) is 22.5 Å². The first kappa shape index (κ1) is 19.9. The van der Waals surface area contributed by atoms with Crippen LogP contribution in [0.4, 0.5) is 4.39 Å². The Hall–Kier alpha value is -2.40. The van der Waals surface area contributed by atoms with Gasteiger partial charge in [0.25, 0.3) is 0 Å². The summed E-state index contributed by atoms with van der Waals surface area (Å²) in [6.45, 7) is 1.96. The summed E-state index contributed by atoms with van der Waals surface area (Å²) in [6, 6.07) is 14.5. The largest absolute Gasteiger partial charge is 0.491 e. The summed E-state index contributed by atoms with van der Waals surface area (Å²) in [5.41, 5.74) is 1.90. The number of rotatable bonds is 8. The molecule has 0 radical (unpaired) electrons. The Balaban J connectivity index is 1.36. The standard InChI is InChI=1S/C24H28FNO3/c25-20-9-7-18(8-10-20)15-24(27)26(21-11-12-21)16-19-4-3-6-22(14-19)29-17-23-5-1-2-13-28-23/h3-4,6-10,14,21,23H,1-2,5,11-13,15-17H2/t23-/m0/s1. The third kappa shape index (κ3) is 5.80. The maximum Gasteiger partial charge on any atom is 0.227 e. The van der Waals surface area contributed by atoms with Gasteiger partial charge in [-0.3, -0.25) is 4.79 Å². The van der Waals surface area contributed by atoms with Gasteiger partial charge in [-0.2, -0.15) is 0 Å². The first-order valence-corrected chi connectivity index (χ1v) is 10.5. The Morgan fingerprint density at radius 2 is 1.90 bits per heavy atom. The fraction of sp³-hybridized carbons (Fsp3) is 0.458. The SMILES string of the molecule is O=C(Cc1ccc(F)cc1)N(Cc1cccc(OC[C@@H]2CCCCO2)c1)C1CC1. The van der Waals surface area contributed by atoms with E-state index in [1.54, 1.807) is 12.1 Å². The molecule has 0 unspecified atom stereocenters. The van der Waals surface area contributed by atoms with Gasteiger partial charge in [-0.25, -0.2) is 4.39 Å². The van der Waals surface area contributed by atoms with E-state index in [0.717, 1.165) is 49.2 Å². The number of halogens is 1. The lowest BCUT2D eigenvalue weighted by molar-refractivity contribution is -0.131. The molecule has 1 saturated heterocycles. The van der Waals surface area contributed by atoms with Crippen molar-refractivity contribution in [1.29, 1.82) is 0 Å². The van der Waals surface area contributed by atoms with Gasteiger partial charge >= 0.3 is 0 Å². The molecule has 29 heavy (non-hydrogen) atoms. The molecule has 0 spiro atoms. The number of ether oxygens (including phenoxy) is 2. The van der Waals surface area contributed by atoms with Crippen LogP contribution in [0.3, 0.4) is 0 Å². The highest BCUT2D eigenvalue weighted by Gasteiger charge is 2.32. The summed E-state index contributed by atoms with van der Waals surface area (Å²) in [6.07, 6.45) is 5.94. The van der Waals surface area contributed by atoms with Crippen LogP contribution in [0, 0.1) is 5.82 Å². The van der Waals surface area contributed by atoms with Gasteiger partial charge in [-0.15, -0.1) is 0 Å². The summed E-state index contributed by atoms with van der Waals surface area (Å²) in [7, 11) is 0. The third-order valence-corrected chi connectivity index (χ3v) is 5.54. The number of hydrogen-bond acceptors (Lipinski definition) is 3. The quantitative estimate of drug-likeness (QED) is 0.658. The van der Waals surface area contributed by atoms with Gasteiger partial charge in [0.2, 0.25) is 5.91 Å². The van der Waals surface area contributed by atoms with E-state index in [-0.39, 0.29) is 17.8 Å². The molecule has 1 atom stereocenters. The summed E-state index contributed by atoms with van der Waals surface area (Å²) in [4.78, 5) is 14.8. The van der Waals surface area contributed by atoms with Crippen LogP contribution in [0.2, 0.25) is 0 Å². The second-order valence-electron chi connectivity index (χ2n) is 8.00. The van der Waals surface area contributed by atoms with E-state index < -0.39 is 0 Å². The minimum atomic E-state index is -0.282. The number of benzene rings is 2. The first-order valence-electron chi connectivity index (χ1n) is 10.5. The van der Waals surface area contributed by atoms with E-state index in [2.05, 4.69) is 0 Å². The molecule has 1 aliphatic heterocycles. The molecule has 2 aromatic rings. The zero-order valence-electron chi connectivity index (χ0n) is 16.7. The van der Waals surface area contributed by atoms with Crippen molar-refractivity contribution < 1.29 is 18.7 Å². The molecule has 1 aliphatic carbocycles. The van der Waals surface area contributed by atoms with Crippen molar-refractivity contribution in [3.63, 3.8) is 0 Å². The fourth-order valence-electron chi connectivity index (χ4n) is 3.74. The Bertz CT molecular complexity index is 813. The van der Waals surface area contributed by atoms with E-state index in [4.69, 9.17) is 9.47 Å². The maximum absolute atomic E-state index is 13.1. The summed E-state index contributed by atoms with van der Waals surface area (Å²) >= 11 is 0. The predicted molar refractivity (Wildman–Crippen MR) is 109 cm³/mol. The molecule has 1 saturated carbocycles. The molecule has 2 aromatic carbocycles. The van der Waals surface area contributed by atoms with Crippen molar-refractivity contribution >= 4 is 5.91 Å². The number of carbonyl (C=O) groups excluding carboxylic acids is 1. The Labute approximate surface area is 171 Å². The van der Waals surface area contributed by atoms with Gasteiger partial charge in [0.05, 0.1) is 12.5 Å². The average molecular weight is 397 g/mol. The lowest BCUT2D eigenvalue weighted by atomic mass is 10.1. The Kier molecular flexibility index (Phi) is 6.45. The number of hydrogen-bond donors (Lipinski definition) is 0. The minimum absolute atomic E-state index is 0.0843. The van der Waals surface area contributed by atoms with Crippen LogP contribution in [0.25, 0.3) is 0 Å². The first-order chi connectivity index (χ1) is 14.2. The smallest absolute Gasteiger partial charge is 0.227 e. The highest BCUT2D eigenvalue weighted by Crippen LogP contribution is 2.30. The van der Waals surface area contributed by atoms with Gasteiger partial charge in [-0.1, -0.05) is 24.3 Å². The average Bonchev–Trinajstić information content (AvgIpc) is 3.58. The molecule has 0 aromatic heterocycles. The topological polar surface area (TPSA) is 38.8 Å². The van der Waals surface area contributed by atoms with E-state index in [1.165, 1.54) is 18.6 Å². The van der Waals surface area contributed by atoms with Gasteiger partial charge in [0, 0.05) is 19.2 Å². The highest BCUT2D eigenvalue weighted by atomic mass is 19.1. The molecule has 0 N–H and O–H groups in total. The Morgan fingerprint density at radius 1 is 1.07 bits per heavy atom. The van der Waals surface area contributed by atoms with Gasteiger partial charge in [-0.05, 0) is 67.5 Å². The third-order valence-electron chi connectivity index (χ3n) is 5.54. The monoisotopic (exact) mass is 397 g/mol. The van der Waals surface area contributed by atoms with Gasteiger partial charge in [0.15, 0.2) is 0 Å². The van der Waals surface area contributed by atoms with Crippen LogP contribution >= 0.6 is 0 Å². The number of nitrogens with zero attached hydrogens (tertiary/aromatic N) is 1. The second kappa shape index (κ2) is 9.40. The van der Waals surface area contributed by atoms with E-state index in [0.29, 0.717) is 25.6 Å². The molecular weight excluding hydrogens is 369 g/mol. The van der Waals surface area contributed by atoms with Crippen molar-refractivity contribution in [1.82, 2.24) is 4.90 Å². The van der Waals surface area contributed by atoms with Crippen molar-refractivity contribution in [2.75, 3.05) is 13.2 Å². The number of amides is 1. The van der Waals surface area contributed by atoms with E-state index >= 15 is 0 Å². The fourth-order valence-corrected chi connectivity index (χ4v) is 3.74. The minimum Gasteiger partial charge on any atom is -0.491 e. The summed E-state index contributed by atoms with van der Waals surface area (Å²) in [5.74, 6) is 0.620. The summed E-state index contributed by atoms with van der Waals surface area (Å²) in [5, 5.41) is 0. The molecule has 2 fully saturated rings. The van der Waals surface area contributed by atoms with Crippen LogP contribution in [0.15, 0.2) is 48.5 Å². The van der Waals surface area contributed by atoms with Gasteiger partial charge < -0.3 is 14.4 Å². The van der Waals surface area contributed by atoms with Gasteiger partial charge in [0.1, 0.15) is 18.2 Å².